The van der Waals surface area contributed by atoms with E-state index in [9.17, 15) is 19.5 Å². The minimum atomic E-state index is -0.890. The third kappa shape index (κ3) is 3.74. The van der Waals surface area contributed by atoms with Crippen molar-refractivity contribution in [1.29, 1.82) is 0 Å². The van der Waals surface area contributed by atoms with Gasteiger partial charge in [0, 0.05) is 32.5 Å². The van der Waals surface area contributed by atoms with Gasteiger partial charge in [0.1, 0.15) is 0 Å². The number of amides is 2. The molecule has 0 bridgehead atoms. The van der Waals surface area contributed by atoms with Crippen LogP contribution in [0, 0.1) is 5.41 Å². The van der Waals surface area contributed by atoms with Crippen LogP contribution in [0.5, 0.6) is 0 Å². The van der Waals surface area contributed by atoms with Gasteiger partial charge in [-0.25, -0.2) is 0 Å². The molecule has 1 aliphatic heterocycles. The zero-order chi connectivity index (χ0) is 15.5. The lowest BCUT2D eigenvalue weighted by Crippen LogP contribution is -2.50. The summed E-state index contributed by atoms with van der Waals surface area (Å²) in [5, 5.41) is 12.4. The van der Waals surface area contributed by atoms with E-state index in [0.717, 1.165) is 19.3 Å². The highest BCUT2D eigenvalue weighted by molar-refractivity contribution is 5.85. The number of likely N-dealkylation sites (N-methyl/N-ethyl adjacent to an activating group) is 1. The lowest BCUT2D eigenvalue weighted by molar-refractivity contribution is -0.154. The van der Waals surface area contributed by atoms with Gasteiger partial charge < -0.3 is 15.3 Å². The van der Waals surface area contributed by atoms with Gasteiger partial charge in [-0.2, -0.15) is 0 Å². The van der Waals surface area contributed by atoms with Crippen molar-refractivity contribution in [2.75, 3.05) is 13.6 Å². The third-order valence-corrected chi connectivity index (χ3v) is 4.76. The van der Waals surface area contributed by atoms with Gasteiger partial charge in [-0.15, -0.1) is 0 Å². The number of piperidine rings is 1. The molecule has 2 N–H and O–H groups in total. The molecular weight excluding hydrogens is 272 g/mol. The molecule has 1 atom stereocenters. The number of aliphatic carboxylic acids is 1. The molecule has 1 heterocycles. The summed E-state index contributed by atoms with van der Waals surface area (Å²) in [6.07, 6.45) is 5.08. The Morgan fingerprint density at radius 3 is 2.57 bits per heavy atom. The molecule has 1 aliphatic carbocycles. The topological polar surface area (TPSA) is 86.7 Å². The monoisotopic (exact) mass is 296 g/mol. The molecule has 118 valence electrons. The Kier molecular flexibility index (Phi) is 4.85. The molecule has 21 heavy (non-hydrogen) atoms. The number of hydrogen-bond donors (Lipinski definition) is 2. The van der Waals surface area contributed by atoms with Gasteiger partial charge in [0.25, 0.3) is 0 Å². The highest BCUT2D eigenvalue weighted by Gasteiger charge is 2.41. The number of carboxylic acids is 1. The lowest BCUT2D eigenvalue weighted by atomic mass is 9.71. The molecule has 2 amide bonds. The summed E-state index contributed by atoms with van der Waals surface area (Å²) < 4.78 is 0. The molecular formula is C15H24N2O4. The van der Waals surface area contributed by atoms with Crippen LogP contribution in [0.1, 0.15) is 51.4 Å². The molecule has 1 saturated carbocycles. The second-order valence-corrected chi connectivity index (χ2v) is 6.40. The van der Waals surface area contributed by atoms with Gasteiger partial charge in [-0.05, 0) is 19.3 Å². The molecule has 0 aromatic heterocycles. The number of hydrogen-bond acceptors (Lipinski definition) is 3. The average Bonchev–Trinajstić information content (AvgIpc) is 2.43. The zero-order valence-corrected chi connectivity index (χ0v) is 12.6. The fraction of sp³-hybridized carbons (Fsp3) is 0.800. The van der Waals surface area contributed by atoms with Crippen LogP contribution in [0.25, 0.3) is 0 Å². The maximum absolute atomic E-state index is 12.2. The van der Waals surface area contributed by atoms with E-state index in [1.165, 1.54) is 0 Å². The van der Waals surface area contributed by atoms with Crippen LogP contribution < -0.4 is 5.32 Å². The van der Waals surface area contributed by atoms with E-state index >= 15 is 0 Å². The number of carboxylic acid groups (broad SMARTS) is 1. The van der Waals surface area contributed by atoms with Crippen molar-refractivity contribution >= 4 is 17.8 Å². The largest absolute Gasteiger partial charge is 0.481 e. The Bertz CT molecular complexity index is 429. The number of rotatable bonds is 4. The van der Waals surface area contributed by atoms with Gasteiger partial charge in [-0.3, -0.25) is 14.4 Å². The van der Waals surface area contributed by atoms with Gasteiger partial charge in [-0.1, -0.05) is 19.3 Å². The molecule has 0 aromatic rings. The minimum Gasteiger partial charge on any atom is -0.481 e. The number of nitrogens with zero attached hydrogens (tertiary/aromatic N) is 1. The highest BCUT2D eigenvalue weighted by Crippen LogP contribution is 2.39. The first kappa shape index (κ1) is 15.8. The van der Waals surface area contributed by atoms with Crippen molar-refractivity contribution in [3.63, 3.8) is 0 Å². The van der Waals surface area contributed by atoms with Crippen molar-refractivity contribution < 1.29 is 19.5 Å². The summed E-state index contributed by atoms with van der Waals surface area (Å²) in [6, 6.07) is -0.0605. The number of likely N-dealkylation sites (tertiary alicyclic amines) is 1. The Labute approximate surface area is 124 Å². The molecule has 0 aromatic carbocycles. The average molecular weight is 296 g/mol. The lowest BCUT2D eigenvalue weighted by Gasteiger charge is -2.34. The Morgan fingerprint density at radius 2 is 2.00 bits per heavy atom. The van der Waals surface area contributed by atoms with Crippen LogP contribution in [0.4, 0.5) is 0 Å². The highest BCUT2D eigenvalue weighted by atomic mass is 16.4. The van der Waals surface area contributed by atoms with Crippen LogP contribution in [0.15, 0.2) is 0 Å². The summed E-state index contributed by atoms with van der Waals surface area (Å²) in [7, 11) is 1.72. The van der Waals surface area contributed by atoms with Crippen LogP contribution in [-0.2, 0) is 14.4 Å². The molecule has 2 fully saturated rings. The molecule has 2 aliphatic rings. The van der Waals surface area contributed by atoms with Crippen molar-refractivity contribution in [3.8, 4) is 0 Å². The Morgan fingerprint density at radius 1 is 1.33 bits per heavy atom. The molecule has 1 saturated heterocycles. The minimum absolute atomic E-state index is 0.0521. The summed E-state index contributed by atoms with van der Waals surface area (Å²) >= 11 is 0. The third-order valence-electron chi connectivity index (χ3n) is 4.76. The molecule has 6 heteroatoms. The molecule has 6 nitrogen and oxygen atoms in total. The Hall–Kier alpha value is -1.59. The zero-order valence-electron chi connectivity index (χ0n) is 12.6. The number of carbonyl (C=O) groups excluding carboxylic acids is 2. The van der Waals surface area contributed by atoms with Crippen molar-refractivity contribution in [1.82, 2.24) is 10.2 Å². The molecule has 1 unspecified atom stereocenters. The summed E-state index contributed by atoms with van der Waals surface area (Å²) in [5.74, 6) is -0.963. The Balaban J connectivity index is 1.91. The van der Waals surface area contributed by atoms with Crippen LogP contribution in [0.3, 0.4) is 0 Å². The predicted molar refractivity (Wildman–Crippen MR) is 76.6 cm³/mol. The molecule has 0 spiro atoms. The van der Waals surface area contributed by atoms with E-state index < -0.39 is 11.4 Å². The van der Waals surface area contributed by atoms with Gasteiger partial charge >= 0.3 is 5.97 Å². The van der Waals surface area contributed by atoms with Crippen molar-refractivity contribution in [2.45, 2.75) is 57.4 Å². The van der Waals surface area contributed by atoms with Crippen LogP contribution in [0.2, 0.25) is 0 Å². The van der Waals surface area contributed by atoms with Gasteiger partial charge in [0.05, 0.1) is 5.41 Å². The van der Waals surface area contributed by atoms with Gasteiger partial charge in [0.15, 0.2) is 0 Å². The van der Waals surface area contributed by atoms with E-state index in [0.29, 0.717) is 32.2 Å². The molecule has 2 rings (SSSR count). The normalized spacial score (nSPS) is 25.5. The molecule has 0 radical (unpaired) electrons. The van der Waals surface area contributed by atoms with Crippen molar-refractivity contribution in [2.24, 2.45) is 5.41 Å². The number of nitrogens with one attached hydrogen (secondary N) is 1. The van der Waals surface area contributed by atoms with E-state index in [1.807, 2.05) is 0 Å². The van der Waals surface area contributed by atoms with Crippen molar-refractivity contribution in [3.05, 3.63) is 0 Å². The predicted octanol–water partition coefficient (Wildman–Crippen LogP) is 1.15. The van der Waals surface area contributed by atoms with E-state index in [-0.39, 0.29) is 24.3 Å². The fourth-order valence-electron chi connectivity index (χ4n) is 3.41. The first-order chi connectivity index (χ1) is 9.93. The second kappa shape index (κ2) is 6.45. The SMILES string of the molecule is CN1CC(NC(=O)CC2(C(=O)O)CCCCC2)CCC1=O. The van der Waals surface area contributed by atoms with Crippen LogP contribution >= 0.6 is 0 Å². The maximum atomic E-state index is 12.2. The second-order valence-electron chi connectivity index (χ2n) is 6.40. The first-order valence-electron chi connectivity index (χ1n) is 7.70. The summed E-state index contributed by atoms with van der Waals surface area (Å²) in [5.41, 5.74) is -0.890. The van der Waals surface area contributed by atoms with Gasteiger partial charge in [0.2, 0.25) is 11.8 Å². The first-order valence-corrected chi connectivity index (χ1v) is 7.70. The maximum Gasteiger partial charge on any atom is 0.310 e. The summed E-state index contributed by atoms with van der Waals surface area (Å²) in [4.78, 5) is 36.8. The standard InChI is InChI=1S/C15H24N2O4/c1-17-10-11(5-6-13(17)19)16-12(18)9-15(14(20)21)7-3-2-4-8-15/h11H,2-10H2,1H3,(H,16,18)(H,20,21). The quantitative estimate of drug-likeness (QED) is 0.814. The summed E-state index contributed by atoms with van der Waals surface area (Å²) in [6.45, 7) is 0.505. The van der Waals surface area contributed by atoms with E-state index in [2.05, 4.69) is 5.32 Å². The van der Waals surface area contributed by atoms with Crippen LogP contribution in [-0.4, -0.2) is 47.4 Å². The fourth-order valence-corrected chi connectivity index (χ4v) is 3.41. The van der Waals surface area contributed by atoms with E-state index in [1.54, 1.807) is 11.9 Å². The smallest absolute Gasteiger partial charge is 0.310 e. The number of carbonyl (C=O) groups is 3. The van der Waals surface area contributed by atoms with E-state index in [4.69, 9.17) is 0 Å².